The van der Waals surface area contributed by atoms with Crippen LogP contribution in [0.25, 0.3) is 21.9 Å². The van der Waals surface area contributed by atoms with Crippen LogP contribution in [0.3, 0.4) is 0 Å². The number of nitrogens with one attached hydrogen (secondary N) is 1. The number of fused-ring (bicyclic) bond motifs is 1. The van der Waals surface area contributed by atoms with Gasteiger partial charge in [0.05, 0.1) is 30.2 Å². The summed E-state index contributed by atoms with van der Waals surface area (Å²) < 4.78 is 0. The molecule has 0 aliphatic heterocycles. The maximum Gasteiger partial charge on any atom is 0.0998 e. The Kier molecular flexibility index (Phi) is 5.38. The summed E-state index contributed by atoms with van der Waals surface area (Å²) in [6.45, 7) is 1.44. The van der Waals surface area contributed by atoms with Crippen LogP contribution >= 0.6 is 0 Å². The number of aromatic nitrogens is 2. The van der Waals surface area contributed by atoms with E-state index in [4.69, 9.17) is 0 Å². The number of imidazole rings is 1. The van der Waals surface area contributed by atoms with Crippen LogP contribution in [-0.2, 0) is 13.1 Å². The lowest BCUT2D eigenvalue weighted by Gasteiger charge is -2.25. The zero-order valence-electron chi connectivity index (χ0n) is 17.6. The minimum absolute atomic E-state index is 0.673. The molecule has 5 aromatic rings. The van der Waals surface area contributed by atoms with Crippen LogP contribution in [0, 0.1) is 11.3 Å². The lowest BCUT2D eigenvalue weighted by atomic mass is 9.94. The number of rotatable bonds is 6. The van der Waals surface area contributed by atoms with Crippen molar-refractivity contribution in [2.75, 3.05) is 4.90 Å². The van der Waals surface area contributed by atoms with Gasteiger partial charge in [0.2, 0.25) is 0 Å². The Morgan fingerprint density at radius 1 is 0.812 bits per heavy atom. The van der Waals surface area contributed by atoms with E-state index in [1.807, 2.05) is 36.5 Å². The van der Waals surface area contributed by atoms with E-state index in [0.717, 1.165) is 39.8 Å². The number of nitriles is 1. The molecule has 0 aliphatic carbocycles. The van der Waals surface area contributed by atoms with Crippen LogP contribution in [0.2, 0.25) is 0 Å². The van der Waals surface area contributed by atoms with Gasteiger partial charge in [-0.15, -0.1) is 0 Å². The smallest absolute Gasteiger partial charge is 0.0998 e. The summed E-state index contributed by atoms with van der Waals surface area (Å²) in [7, 11) is 0. The van der Waals surface area contributed by atoms with Gasteiger partial charge in [-0.3, -0.25) is 0 Å². The third kappa shape index (κ3) is 3.97. The summed E-state index contributed by atoms with van der Waals surface area (Å²) in [5.41, 5.74) is 6.02. The molecule has 5 rings (SSSR count). The topological polar surface area (TPSA) is 55.7 Å². The largest absolute Gasteiger partial charge is 0.361 e. The van der Waals surface area contributed by atoms with Crippen LogP contribution in [0.5, 0.6) is 0 Å². The molecular weight excluding hydrogens is 392 g/mol. The third-order valence-corrected chi connectivity index (χ3v) is 5.70. The van der Waals surface area contributed by atoms with Crippen molar-refractivity contribution in [2.24, 2.45) is 0 Å². The number of hydrogen-bond donors (Lipinski definition) is 1. The fourth-order valence-electron chi connectivity index (χ4n) is 4.13. The fraction of sp³-hybridized carbons (Fsp3) is 0.0714. The van der Waals surface area contributed by atoms with Crippen molar-refractivity contribution >= 4 is 16.5 Å². The molecule has 0 atom stereocenters. The zero-order chi connectivity index (χ0) is 21.8. The minimum Gasteiger partial charge on any atom is -0.361 e. The van der Waals surface area contributed by atoms with Gasteiger partial charge in [0.25, 0.3) is 0 Å². The maximum absolute atomic E-state index is 9.85. The monoisotopic (exact) mass is 414 g/mol. The van der Waals surface area contributed by atoms with Gasteiger partial charge in [0.15, 0.2) is 0 Å². The van der Waals surface area contributed by atoms with Crippen LogP contribution in [-0.4, -0.2) is 9.97 Å². The zero-order valence-corrected chi connectivity index (χ0v) is 17.6. The van der Waals surface area contributed by atoms with Crippen LogP contribution in [0.15, 0.2) is 104 Å². The van der Waals surface area contributed by atoms with Gasteiger partial charge in [0, 0.05) is 24.0 Å². The molecule has 4 aromatic carbocycles. The second kappa shape index (κ2) is 8.79. The predicted molar refractivity (Wildman–Crippen MR) is 129 cm³/mol. The van der Waals surface area contributed by atoms with Crippen LogP contribution in [0.1, 0.15) is 16.8 Å². The van der Waals surface area contributed by atoms with Gasteiger partial charge in [-0.2, -0.15) is 5.26 Å². The van der Waals surface area contributed by atoms with Gasteiger partial charge in [-0.1, -0.05) is 72.8 Å². The van der Waals surface area contributed by atoms with Crippen molar-refractivity contribution in [2.45, 2.75) is 13.1 Å². The molecule has 1 aromatic heterocycles. The van der Waals surface area contributed by atoms with E-state index >= 15 is 0 Å². The molecule has 4 heteroatoms. The van der Waals surface area contributed by atoms with E-state index in [1.54, 1.807) is 6.33 Å². The molecule has 0 bridgehead atoms. The Morgan fingerprint density at radius 3 is 2.44 bits per heavy atom. The molecule has 1 heterocycles. The molecule has 0 fully saturated rings. The minimum atomic E-state index is 0.673. The number of H-pyrrole nitrogens is 1. The van der Waals surface area contributed by atoms with E-state index in [2.05, 4.69) is 81.6 Å². The van der Waals surface area contributed by atoms with Crippen LogP contribution < -0.4 is 4.90 Å². The first-order valence-electron chi connectivity index (χ1n) is 10.6. The highest BCUT2D eigenvalue weighted by Gasteiger charge is 2.15. The molecule has 0 radical (unpaired) electrons. The molecule has 1 N–H and O–H groups in total. The first kappa shape index (κ1) is 19.6. The molecule has 32 heavy (non-hydrogen) atoms. The predicted octanol–water partition coefficient (Wildman–Crippen LogP) is 6.31. The third-order valence-electron chi connectivity index (χ3n) is 5.70. The van der Waals surface area contributed by atoms with Crippen molar-refractivity contribution in [1.29, 1.82) is 5.26 Å². The highest BCUT2D eigenvalue weighted by Crippen LogP contribution is 2.34. The van der Waals surface area contributed by atoms with E-state index in [-0.39, 0.29) is 0 Å². The Labute approximate surface area is 187 Å². The van der Waals surface area contributed by atoms with Crippen molar-refractivity contribution in [1.82, 2.24) is 9.97 Å². The van der Waals surface area contributed by atoms with Crippen molar-refractivity contribution in [3.63, 3.8) is 0 Å². The summed E-state index contributed by atoms with van der Waals surface area (Å²) in [5, 5.41) is 12.2. The van der Waals surface area contributed by atoms with Gasteiger partial charge < -0.3 is 9.88 Å². The highest BCUT2D eigenvalue weighted by atomic mass is 15.1. The average molecular weight is 415 g/mol. The lowest BCUT2D eigenvalue weighted by molar-refractivity contribution is 0.785. The summed E-state index contributed by atoms with van der Waals surface area (Å²) in [5.74, 6) is 0. The van der Waals surface area contributed by atoms with Gasteiger partial charge >= 0.3 is 0 Å². The van der Waals surface area contributed by atoms with E-state index in [9.17, 15) is 5.26 Å². The molecule has 0 unspecified atom stereocenters. The number of hydrogen-bond acceptors (Lipinski definition) is 3. The standard InChI is InChI=1S/C28H22N4/c29-16-23-13-14-25(15-28(23)27-12-6-10-22-9-4-5-11-26(22)27)32(19-24-17-30-20-31-24)18-21-7-2-1-3-8-21/h1-15,17,20H,18-19H2,(H,30,31). The number of nitrogens with zero attached hydrogens (tertiary/aromatic N) is 3. The van der Waals surface area contributed by atoms with E-state index < -0.39 is 0 Å². The molecule has 0 amide bonds. The molecule has 154 valence electrons. The fourth-order valence-corrected chi connectivity index (χ4v) is 4.13. The summed E-state index contributed by atoms with van der Waals surface area (Å²) in [6.07, 6.45) is 3.56. The molecule has 0 spiro atoms. The Bertz CT molecular complexity index is 1380. The Balaban J connectivity index is 1.61. The maximum atomic E-state index is 9.85. The highest BCUT2D eigenvalue weighted by molar-refractivity contribution is 5.98. The molecule has 4 nitrogen and oxygen atoms in total. The quantitative estimate of drug-likeness (QED) is 0.354. The van der Waals surface area contributed by atoms with E-state index in [1.165, 1.54) is 5.56 Å². The number of benzene rings is 4. The van der Waals surface area contributed by atoms with Crippen molar-refractivity contribution < 1.29 is 0 Å². The first-order chi connectivity index (χ1) is 15.8. The second-order valence-electron chi connectivity index (χ2n) is 7.79. The summed E-state index contributed by atoms with van der Waals surface area (Å²) >= 11 is 0. The normalized spacial score (nSPS) is 10.7. The molecular formula is C28H22N4. The van der Waals surface area contributed by atoms with Crippen molar-refractivity contribution in [3.8, 4) is 17.2 Å². The van der Waals surface area contributed by atoms with Gasteiger partial charge in [0.1, 0.15) is 0 Å². The first-order valence-corrected chi connectivity index (χ1v) is 10.6. The lowest BCUT2D eigenvalue weighted by Crippen LogP contribution is -2.22. The second-order valence-corrected chi connectivity index (χ2v) is 7.79. The molecule has 0 saturated carbocycles. The molecule has 0 saturated heterocycles. The Hall–Kier alpha value is -4.36. The van der Waals surface area contributed by atoms with Gasteiger partial charge in [-0.05, 0) is 40.1 Å². The average Bonchev–Trinajstić information content (AvgIpc) is 3.37. The van der Waals surface area contributed by atoms with Crippen molar-refractivity contribution in [3.05, 3.63) is 120 Å². The SMILES string of the molecule is N#Cc1ccc(N(Cc2ccccc2)Cc2cnc[nH]2)cc1-c1cccc2ccccc12. The number of aromatic amines is 1. The molecule has 0 aliphatic rings. The number of anilines is 1. The summed E-state index contributed by atoms with van der Waals surface area (Å²) in [6, 6.07) is 33.5. The van der Waals surface area contributed by atoms with Gasteiger partial charge in [-0.25, -0.2) is 4.98 Å². The summed E-state index contributed by atoms with van der Waals surface area (Å²) in [4.78, 5) is 9.69. The Morgan fingerprint density at radius 2 is 1.62 bits per heavy atom. The van der Waals surface area contributed by atoms with E-state index in [0.29, 0.717) is 12.1 Å². The van der Waals surface area contributed by atoms with Crippen LogP contribution in [0.4, 0.5) is 5.69 Å².